The smallest absolute Gasteiger partial charge is 0.295 e. The SMILES string of the molecule is c1ccc2oc(NCCCOC3CCCCC3)nc2c1. The summed E-state index contributed by atoms with van der Waals surface area (Å²) in [6.07, 6.45) is 7.97. The standard InChI is InChI=1S/C16H22N2O2/c1-2-7-13(8-3-1)19-12-6-11-17-16-18-14-9-4-5-10-15(14)20-16/h4-5,9-10,13H,1-3,6-8,11-12H2,(H,17,18). The van der Waals surface area contributed by atoms with Gasteiger partial charge in [-0.15, -0.1) is 0 Å². The van der Waals surface area contributed by atoms with Gasteiger partial charge in [-0.3, -0.25) is 0 Å². The van der Waals surface area contributed by atoms with Gasteiger partial charge in [-0.05, 0) is 31.4 Å². The van der Waals surface area contributed by atoms with Crippen LogP contribution in [0.1, 0.15) is 38.5 Å². The van der Waals surface area contributed by atoms with Gasteiger partial charge in [-0.25, -0.2) is 0 Å². The Balaban J connectivity index is 1.37. The Labute approximate surface area is 119 Å². The number of para-hydroxylation sites is 2. The average Bonchev–Trinajstić information content (AvgIpc) is 2.90. The number of benzene rings is 1. The van der Waals surface area contributed by atoms with Crippen molar-refractivity contribution >= 4 is 17.1 Å². The second-order valence-electron chi connectivity index (χ2n) is 5.40. The van der Waals surface area contributed by atoms with Gasteiger partial charge in [0, 0.05) is 13.2 Å². The number of ether oxygens (including phenoxy) is 1. The van der Waals surface area contributed by atoms with E-state index in [2.05, 4.69) is 10.3 Å². The summed E-state index contributed by atoms with van der Waals surface area (Å²) in [5.41, 5.74) is 1.72. The van der Waals surface area contributed by atoms with Crippen LogP contribution in [0, 0.1) is 0 Å². The van der Waals surface area contributed by atoms with Crippen molar-refractivity contribution in [2.75, 3.05) is 18.5 Å². The van der Waals surface area contributed by atoms with Crippen LogP contribution in [0.3, 0.4) is 0 Å². The molecule has 0 spiro atoms. The number of nitrogens with one attached hydrogen (secondary N) is 1. The van der Waals surface area contributed by atoms with E-state index in [1.165, 1.54) is 32.1 Å². The van der Waals surface area contributed by atoms with Gasteiger partial charge in [0.05, 0.1) is 6.10 Å². The maximum absolute atomic E-state index is 5.89. The Morgan fingerprint density at radius 3 is 2.90 bits per heavy atom. The minimum absolute atomic E-state index is 0.494. The van der Waals surface area contributed by atoms with E-state index in [0.717, 1.165) is 30.7 Å². The molecule has 1 aliphatic carbocycles. The Kier molecular flexibility index (Phi) is 4.53. The monoisotopic (exact) mass is 274 g/mol. The number of hydrogen-bond acceptors (Lipinski definition) is 4. The summed E-state index contributed by atoms with van der Waals surface area (Å²) in [5.74, 6) is 0. The number of oxazole rings is 1. The fourth-order valence-corrected chi connectivity index (χ4v) is 2.70. The van der Waals surface area contributed by atoms with Gasteiger partial charge in [0.25, 0.3) is 6.01 Å². The number of hydrogen-bond donors (Lipinski definition) is 1. The molecule has 0 bridgehead atoms. The van der Waals surface area contributed by atoms with Crippen LogP contribution in [-0.4, -0.2) is 24.2 Å². The number of aromatic nitrogens is 1. The second kappa shape index (κ2) is 6.75. The van der Waals surface area contributed by atoms with Crippen LogP contribution in [0.5, 0.6) is 0 Å². The predicted octanol–water partition coefficient (Wildman–Crippen LogP) is 3.98. The minimum atomic E-state index is 0.494. The van der Waals surface area contributed by atoms with Crippen molar-refractivity contribution in [2.24, 2.45) is 0 Å². The molecule has 4 heteroatoms. The van der Waals surface area contributed by atoms with E-state index in [4.69, 9.17) is 9.15 Å². The van der Waals surface area contributed by atoms with Gasteiger partial charge >= 0.3 is 0 Å². The summed E-state index contributed by atoms with van der Waals surface area (Å²) >= 11 is 0. The molecule has 1 aromatic heterocycles. The first-order chi connectivity index (χ1) is 9.92. The van der Waals surface area contributed by atoms with E-state index >= 15 is 0 Å². The molecule has 4 nitrogen and oxygen atoms in total. The molecule has 0 radical (unpaired) electrons. The highest BCUT2D eigenvalue weighted by atomic mass is 16.5. The molecule has 108 valence electrons. The fourth-order valence-electron chi connectivity index (χ4n) is 2.70. The molecular formula is C16H22N2O2. The maximum atomic E-state index is 5.89. The third kappa shape index (κ3) is 3.51. The van der Waals surface area contributed by atoms with Gasteiger partial charge in [0.15, 0.2) is 5.58 Å². The van der Waals surface area contributed by atoms with E-state index < -0.39 is 0 Å². The van der Waals surface area contributed by atoms with Crippen LogP contribution in [0.15, 0.2) is 28.7 Å². The molecule has 0 amide bonds. The molecule has 1 heterocycles. The molecule has 1 aliphatic rings. The molecule has 20 heavy (non-hydrogen) atoms. The average molecular weight is 274 g/mol. The molecule has 3 rings (SSSR count). The molecule has 0 atom stereocenters. The summed E-state index contributed by atoms with van der Waals surface area (Å²) in [6, 6.07) is 8.40. The third-order valence-electron chi connectivity index (χ3n) is 3.80. The maximum Gasteiger partial charge on any atom is 0.295 e. The van der Waals surface area contributed by atoms with Crippen molar-refractivity contribution in [3.05, 3.63) is 24.3 Å². The predicted molar refractivity (Wildman–Crippen MR) is 79.9 cm³/mol. The summed E-state index contributed by atoms with van der Waals surface area (Å²) in [6.45, 7) is 1.65. The van der Waals surface area contributed by atoms with Crippen LogP contribution in [0.4, 0.5) is 6.01 Å². The van der Waals surface area contributed by atoms with E-state index in [-0.39, 0.29) is 0 Å². The lowest BCUT2D eigenvalue weighted by Gasteiger charge is -2.21. The molecule has 2 aromatic rings. The van der Waals surface area contributed by atoms with E-state index in [1.54, 1.807) is 0 Å². The lowest BCUT2D eigenvalue weighted by Crippen LogP contribution is -2.18. The summed E-state index contributed by atoms with van der Waals surface area (Å²) in [4.78, 5) is 4.38. The lowest BCUT2D eigenvalue weighted by atomic mass is 9.98. The highest BCUT2D eigenvalue weighted by Crippen LogP contribution is 2.20. The molecule has 1 saturated carbocycles. The highest BCUT2D eigenvalue weighted by molar-refractivity contribution is 5.74. The van der Waals surface area contributed by atoms with Crippen LogP contribution >= 0.6 is 0 Å². The minimum Gasteiger partial charge on any atom is -0.424 e. The quantitative estimate of drug-likeness (QED) is 0.809. The van der Waals surface area contributed by atoms with Gasteiger partial charge in [-0.2, -0.15) is 4.98 Å². The lowest BCUT2D eigenvalue weighted by molar-refractivity contribution is 0.0284. The second-order valence-corrected chi connectivity index (χ2v) is 5.40. The molecule has 1 fully saturated rings. The third-order valence-corrected chi connectivity index (χ3v) is 3.80. The van der Waals surface area contributed by atoms with Crippen LogP contribution in [0.25, 0.3) is 11.1 Å². The molecular weight excluding hydrogens is 252 g/mol. The largest absolute Gasteiger partial charge is 0.424 e. The molecule has 0 aliphatic heterocycles. The summed E-state index contributed by atoms with van der Waals surface area (Å²) in [7, 11) is 0. The first kappa shape index (κ1) is 13.4. The molecule has 0 saturated heterocycles. The Hall–Kier alpha value is -1.55. The molecule has 1 N–H and O–H groups in total. The number of nitrogens with zero attached hydrogens (tertiary/aromatic N) is 1. The Bertz CT molecular complexity index is 499. The van der Waals surface area contributed by atoms with Gasteiger partial charge < -0.3 is 14.5 Å². The first-order valence-electron chi connectivity index (χ1n) is 7.63. The van der Waals surface area contributed by atoms with E-state index in [1.807, 2.05) is 24.3 Å². The van der Waals surface area contributed by atoms with Crippen LogP contribution in [0.2, 0.25) is 0 Å². The van der Waals surface area contributed by atoms with Crippen LogP contribution < -0.4 is 5.32 Å². The van der Waals surface area contributed by atoms with E-state index in [0.29, 0.717) is 12.1 Å². The van der Waals surface area contributed by atoms with Gasteiger partial charge in [-0.1, -0.05) is 31.4 Å². The van der Waals surface area contributed by atoms with E-state index in [9.17, 15) is 0 Å². The van der Waals surface area contributed by atoms with Crippen molar-refractivity contribution in [3.8, 4) is 0 Å². The Morgan fingerprint density at radius 2 is 2.05 bits per heavy atom. The number of anilines is 1. The normalized spacial score (nSPS) is 16.6. The zero-order valence-electron chi connectivity index (χ0n) is 11.8. The summed E-state index contributed by atoms with van der Waals surface area (Å²) < 4.78 is 11.5. The zero-order valence-corrected chi connectivity index (χ0v) is 11.8. The van der Waals surface area contributed by atoms with Crippen molar-refractivity contribution in [3.63, 3.8) is 0 Å². The first-order valence-corrected chi connectivity index (χ1v) is 7.63. The van der Waals surface area contributed by atoms with Crippen molar-refractivity contribution in [1.29, 1.82) is 0 Å². The summed E-state index contributed by atoms with van der Waals surface area (Å²) in [5, 5.41) is 3.21. The molecule has 0 unspecified atom stereocenters. The fraction of sp³-hybridized carbons (Fsp3) is 0.562. The van der Waals surface area contributed by atoms with Crippen molar-refractivity contribution < 1.29 is 9.15 Å². The van der Waals surface area contributed by atoms with Crippen molar-refractivity contribution in [1.82, 2.24) is 4.98 Å². The number of fused-ring (bicyclic) bond motifs is 1. The van der Waals surface area contributed by atoms with Crippen molar-refractivity contribution in [2.45, 2.75) is 44.6 Å². The van der Waals surface area contributed by atoms with Crippen LogP contribution in [-0.2, 0) is 4.74 Å². The molecule has 1 aromatic carbocycles. The highest BCUT2D eigenvalue weighted by Gasteiger charge is 2.13. The van der Waals surface area contributed by atoms with Gasteiger partial charge in [0.2, 0.25) is 0 Å². The Morgan fingerprint density at radius 1 is 1.20 bits per heavy atom. The van der Waals surface area contributed by atoms with Gasteiger partial charge in [0.1, 0.15) is 5.52 Å². The number of rotatable bonds is 6. The zero-order chi connectivity index (χ0) is 13.6. The topological polar surface area (TPSA) is 47.3 Å².